The van der Waals surface area contributed by atoms with Gasteiger partial charge in [-0.1, -0.05) is 44.3 Å². The fourth-order valence-corrected chi connectivity index (χ4v) is 13.5. The second kappa shape index (κ2) is 10.7. The van der Waals surface area contributed by atoms with Gasteiger partial charge in [-0.05, 0) is 75.0 Å². The first-order chi connectivity index (χ1) is 17.4. The minimum Gasteiger partial charge on any atom is -0.414 e. The number of aliphatic hydroxyl groups excluding tert-OH is 1. The van der Waals surface area contributed by atoms with E-state index in [1.165, 1.54) is 16.8 Å². The average molecular weight is 604 g/mol. The molecule has 214 valence electrons. The number of anilines is 1. The zero-order valence-corrected chi connectivity index (χ0v) is 26.9. The molecular formula is C25H42N3O6PS2Si. The Labute approximate surface area is 235 Å². The van der Waals surface area contributed by atoms with Crippen LogP contribution in [0.25, 0.3) is 0 Å². The quantitative estimate of drug-likeness (QED) is 0.251. The van der Waals surface area contributed by atoms with Gasteiger partial charge in [-0.15, -0.1) is 0 Å². The van der Waals surface area contributed by atoms with Crippen molar-refractivity contribution in [1.82, 2.24) is 9.55 Å². The fraction of sp³-hybridized carbons (Fsp3) is 0.760. The molecule has 3 aliphatic rings. The monoisotopic (exact) mass is 603 g/mol. The lowest BCUT2D eigenvalue weighted by Gasteiger charge is -2.37. The van der Waals surface area contributed by atoms with Crippen molar-refractivity contribution in [3.8, 4) is 0 Å². The number of ether oxygens (including phenoxy) is 1. The van der Waals surface area contributed by atoms with Crippen molar-refractivity contribution in [3.63, 3.8) is 0 Å². The summed E-state index contributed by atoms with van der Waals surface area (Å²) in [5.74, 6) is 0.495. The molecule has 1 aromatic heterocycles. The molecule has 2 saturated heterocycles. The van der Waals surface area contributed by atoms with Crippen molar-refractivity contribution in [2.45, 2.75) is 107 Å². The predicted octanol–water partition coefficient (Wildman–Crippen LogP) is 4.98. The number of nitrogen functional groups attached to an aromatic ring is 1. The molecule has 3 fully saturated rings. The number of hydrogen-bond acceptors (Lipinski definition) is 10. The van der Waals surface area contributed by atoms with Gasteiger partial charge in [0.25, 0.3) is 0 Å². The van der Waals surface area contributed by atoms with E-state index in [-0.39, 0.29) is 28.3 Å². The van der Waals surface area contributed by atoms with E-state index >= 15 is 0 Å². The molecule has 3 heterocycles. The van der Waals surface area contributed by atoms with Gasteiger partial charge in [0, 0.05) is 10.9 Å². The topological polar surface area (TPSA) is 118 Å². The number of nitrogens with two attached hydrogens (primary N) is 1. The largest absolute Gasteiger partial charge is 0.414 e. The Hall–Kier alpha value is -0.563. The van der Waals surface area contributed by atoms with Crippen molar-refractivity contribution in [1.29, 1.82) is 0 Å². The van der Waals surface area contributed by atoms with Crippen LogP contribution in [0, 0.1) is 5.92 Å². The van der Waals surface area contributed by atoms with Crippen LogP contribution in [0.4, 0.5) is 5.82 Å². The van der Waals surface area contributed by atoms with E-state index in [9.17, 15) is 9.90 Å². The predicted molar refractivity (Wildman–Crippen MR) is 158 cm³/mol. The third-order valence-electron chi connectivity index (χ3n) is 8.54. The normalized spacial score (nSPS) is 37.8. The molecule has 2 aliphatic heterocycles. The molecule has 1 saturated carbocycles. The molecule has 3 N–H and O–H groups in total. The van der Waals surface area contributed by atoms with Crippen LogP contribution in [0.5, 0.6) is 0 Å². The summed E-state index contributed by atoms with van der Waals surface area (Å²) in [4.78, 5) is 16.4. The maximum atomic E-state index is 12.6. The standard InChI is InChI=1S/C25H42N3O6PS2Si/c1-15(2)16-9-11-25(6)18(13-16)33-35(36,37-25)34-21-17(14-31-38(7,8)24(3,4)5)32-22(20(21)29)28-12-10-19(26)27-23(28)30/h10,12,16-18,20-22,29H,1,9,11,13-14H2,2-8H3,(H2,26,27,30)/t16-,17-,18+,20-,21-,22-,25+,35?/m1/s1. The van der Waals surface area contributed by atoms with E-state index in [1.54, 1.807) is 11.4 Å². The number of rotatable bonds is 7. The Morgan fingerprint density at radius 3 is 2.76 bits per heavy atom. The number of aliphatic hydroxyl groups is 1. The molecule has 0 amide bonds. The van der Waals surface area contributed by atoms with Crippen LogP contribution in [0.15, 0.2) is 29.2 Å². The Morgan fingerprint density at radius 1 is 1.47 bits per heavy atom. The first kappa shape index (κ1) is 30.4. The number of fused-ring (bicyclic) bond motifs is 1. The van der Waals surface area contributed by atoms with Crippen LogP contribution in [-0.2, 0) is 30.0 Å². The summed E-state index contributed by atoms with van der Waals surface area (Å²) >= 11 is 7.62. The Kier molecular flexibility index (Phi) is 8.55. The lowest BCUT2D eigenvalue weighted by atomic mass is 9.77. The molecule has 1 aliphatic carbocycles. The first-order valence-corrected chi connectivity index (χ1v) is 20.1. The highest BCUT2D eigenvalue weighted by molar-refractivity contribution is 8.68. The molecular weight excluding hydrogens is 561 g/mol. The van der Waals surface area contributed by atoms with Gasteiger partial charge in [-0.3, -0.25) is 4.57 Å². The second-order valence-corrected chi connectivity index (χ2v) is 23.9. The smallest absolute Gasteiger partial charge is 0.351 e. The van der Waals surface area contributed by atoms with Gasteiger partial charge in [-0.25, -0.2) is 4.79 Å². The summed E-state index contributed by atoms with van der Waals surface area (Å²) in [5.41, 5.74) is 3.38. The Morgan fingerprint density at radius 2 is 2.16 bits per heavy atom. The molecule has 1 aromatic rings. The highest BCUT2D eigenvalue weighted by Crippen LogP contribution is 2.76. The fourth-order valence-electron chi connectivity index (χ4n) is 4.92. The third kappa shape index (κ3) is 6.04. The van der Waals surface area contributed by atoms with Crippen LogP contribution < -0.4 is 11.4 Å². The van der Waals surface area contributed by atoms with Crippen molar-refractivity contribution in [2.75, 3.05) is 12.3 Å². The van der Waals surface area contributed by atoms with Gasteiger partial charge < -0.3 is 29.1 Å². The van der Waals surface area contributed by atoms with E-state index < -0.39 is 44.2 Å². The summed E-state index contributed by atoms with van der Waals surface area (Å²) in [6.07, 6.45) is 0.581. The van der Waals surface area contributed by atoms with Gasteiger partial charge in [0.2, 0.25) is 5.69 Å². The lowest BCUT2D eigenvalue weighted by Crippen LogP contribution is -2.45. The zero-order chi connectivity index (χ0) is 28.3. The maximum Gasteiger partial charge on any atom is 0.351 e. The highest BCUT2D eigenvalue weighted by atomic mass is 32.9. The molecule has 0 radical (unpaired) electrons. The van der Waals surface area contributed by atoms with E-state index in [1.807, 2.05) is 0 Å². The summed E-state index contributed by atoms with van der Waals surface area (Å²) in [6.45, 7) is 19.4. The van der Waals surface area contributed by atoms with Crippen molar-refractivity contribution in [3.05, 3.63) is 34.9 Å². The van der Waals surface area contributed by atoms with Crippen molar-refractivity contribution < 1.29 is 23.3 Å². The number of hydrogen-bond donors (Lipinski definition) is 2. The summed E-state index contributed by atoms with van der Waals surface area (Å²) < 4.78 is 26.8. The summed E-state index contributed by atoms with van der Waals surface area (Å²) in [5, 5.41) is 11.4. The van der Waals surface area contributed by atoms with E-state index in [0.29, 0.717) is 5.92 Å². The molecule has 0 aromatic carbocycles. The van der Waals surface area contributed by atoms with Gasteiger partial charge in [0.05, 0.1) is 12.7 Å². The SMILES string of the molecule is C=C(C)[C@@H]1CC[C@]2(C)SP(=S)(O[C@H]3[C@@H](O)[C@H](n4ccc(N)nc4=O)O[C@@H]3CO[Si](C)(C)C(C)(C)C)O[C@H]2C1. The van der Waals surface area contributed by atoms with Gasteiger partial charge in [0.15, 0.2) is 14.5 Å². The van der Waals surface area contributed by atoms with Crippen LogP contribution >= 0.6 is 17.1 Å². The highest BCUT2D eigenvalue weighted by Gasteiger charge is 2.56. The summed E-state index contributed by atoms with van der Waals surface area (Å²) in [7, 11) is -2.14. The van der Waals surface area contributed by atoms with Crippen LogP contribution in [-0.4, -0.2) is 58.7 Å². The van der Waals surface area contributed by atoms with E-state index in [0.717, 1.165) is 24.8 Å². The molecule has 4 rings (SSSR count). The summed E-state index contributed by atoms with van der Waals surface area (Å²) in [6, 6.07) is 1.49. The average Bonchev–Trinajstić information content (AvgIpc) is 3.23. The number of aromatic nitrogens is 2. The number of nitrogens with zero attached hydrogens (tertiary/aromatic N) is 2. The molecule has 9 nitrogen and oxygen atoms in total. The maximum absolute atomic E-state index is 12.6. The van der Waals surface area contributed by atoms with E-state index in [2.05, 4.69) is 59.3 Å². The van der Waals surface area contributed by atoms with Crippen LogP contribution in [0.2, 0.25) is 18.1 Å². The van der Waals surface area contributed by atoms with Gasteiger partial charge in [0.1, 0.15) is 24.1 Å². The molecule has 13 heteroatoms. The van der Waals surface area contributed by atoms with Crippen molar-refractivity contribution >= 4 is 43.0 Å². The van der Waals surface area contributed by atoms with Crippen LogP contribution in [0.1, 0.15) is 60.1 Å². The molecule has 0 spiro atoms. The molecule has 1 unspecified atom stereocenters. The van der Waals surface area contributed by atoms with Gasteiger partial charge in [-0.2, -0.15) is 4.98 Å². The third-order valence-corrected chi connectivity index (χ3v) is 18.8. The minimum atomic E-state index is -2.84. The molecule has 0 bridgehead atoms. The van der Waals surface area contributed by atoms with Gasteiger partial charge >= 0.3 is 5.69 Å². The van der Waals surface area contributed by atoms with Crippen molar-refractivity contribution in [2.24, 2.45) is 5.92 Å². The Balaban J connectivity index is 1.59. The second-order valence-electron chi connectivity index (χ2n) is 12.5. The molecule has 8 atom stereocenters. The minimum absolute atomic E-state index is 0.0153. The number of allylic oxidation sites excluding steroid dienone is 1. The lowest BCUT2D eigenvalue weighted by molar-refractivity contribution is -0.0526. The Bertz CT molecular complexity index is 1180. The van der Waals surface area contributed by atoms with E-state index in [4.69, 9.17) is 35.8 Å². The molecule has 38 heavy (non-hydrogen) atoms. The van der Waals surface area contributed by atoms with Crippen LogP contribution in [0.3, 0.4) is 0 Å². The zero-order valence-electron chi connectivity index (χ0n) is 23.4. The first-order valence-electron chi connectivity index (χ1n) is 13.1.